The van der Waals surface area contributed by atoms with Crippen LogP contribution in [-0.2, 0) is 16.9 Å². The maximum absolute atomic E-state index is 13.3. The van der Waals surface area contributed by atoms with Crippen molar-refractivity contribution in [3.05, 3.63) is 94.5 Å². The van der Waals surface area contributed by atoms with Gasteiger partial charge in [-0.05, 0) is 35.9 Å². The highest BCUT2D eigenvalue weighted by Gasteiger charge is 2.50. The van der Waals surface area contributed by atoms with Gasteiger partial charge < -0.3 is 14.7 Å². The largest absolute Gasteiger partial charge is 0.497 e. The van der Waals surface area contributed by atoms with Gasteiger partial charge in [0.25, 0.3) is 5.91 Å². The Morgan fingerprint density at radius 1 is 1.07 bits per heavy atom. The van der Waals surface area contributed by atoms with E-state index < -0.39 is 11.5 Å². The number of rotatable bonds is 6. The number of hydrogen-bond donors (Lipinski definition) is 1. The molecule has 1 aliphatic heterocycles. The van der Waals surface area contributed by atoms with Crippen LogP contribution in [0.4, 0.5) is 5.69 Å². The Balaban J connectivity index is 1.66. The number of amides is 1. The Morgan fingerprint density at radius 2 is 1.80 bits per heavy atom. The second-order valence-electron chi connectivity index (χ2n) is 7.23. The Morgan fingerprint density at radius 3 is 2.53 bits per heavy atom. The van der Waals surface area contributed by atoms with Crippen molar-refractivity contribution in [3.8, 4) is 5.75 Å². The second-order valence-corrected chi connectivity index (χ2v) is 7.66. The summed E-state index contributed by atoms with van der Waals surface area (Å²) in [5.41, 5.74) is 0.345. The number of ketones is 1. The number of halogens is 1. The van der Waals surface area contributed by atoms with Crippen LogP contribution in [0.5, 0.6) is 5.75 Å². The molecule has 0 aliphatic carbocycles. The van der Waals surface area contributed by atoms with Crippen molar-refractivity contribution in [3.63, 3.8) is 0 Å². The maximum Gasteiger partial charge on any atom is 0.264 e. The number of fused-ring (bicyclic) bond motifs is 1. The van der Waals surface area contributed by atoms with Crippen LogP contribution in [-0.4, -0.2) is 23.9 Å². The van der Waals surface area contributed by atoms with Crippen LogP contribution in [0.15, 0.2) is 72.8 Å². The Hall–Kier alpha value is -3.15. The molecular formula is C24H20ClNO4. The molecule has 0 aromatic heterocycles. The van der Waals surface area contributed by atoms with E-state index in [0.717, 1.165) is 5.56 Å². The van der Waals surface area contributed by atoms with Crippen molar-refractivity contribution in [1.29, 1.82) is 0 Å². The van der Waals surface area contributed by atoms with Crippen molar-refractivity contribution in [2.75, 3.05) is 12.0 Å². The number of benzene rings is 3. The SMILES string of the molecule is COc1cccc(C(=O)C[C@]2(O)C(=O)N(Cc3ccc(Cl)cc3)c3ccccc32)c1. The number of carbonyl (C=O) groups is 2. The van der Waals surface area contributed by atoms with E-state index in [1.54, 1.807) is 60.7 Å². The van der Waals surface area contributed by atoms with Crippen LogP contribution in [0.25, 0.3) is 0 Å². The topological polar surface area (TPSA) is 66.8 Å². The highest BCUT2D eigenvalue weighted by Crippen LogP contribution is 2.43. The zero-order valence-corrected chi connectivity index (χ0v) is 17.1. The minimum absolute atomic E-state index is 0.267. The number of methoxy groups -OCH3 is 1. The van der Waals surface area contributed by atoms with Crippen molar-refractivity contribution in [2.24, 2.45) is 0 Å². The van der Waals surface area contributed by atoms with Crippen molar-refractivity contribution < 1.29 is 19.4 Å². The number of hydrogen-bond acceptors (Lipinski definition) is 4. The van der Waals surface area contributed by atoms with Gasteiger partial charge in [0.05, 0.1) is 25.8 Å². The predicted octanol–water partition coefficient (Wildman–Crippen LogP) is 4.36. The molecule has 0 unspecified atom stereocenters. The molecule has 1 N–H and O–H groups in total. The first-order chi connectivity index (χ1) is 14.4. The molecule has 1 amide bonds. The van der Waals surface area contributed by atoms with Gasteiger partial charge in [0.2, 0.25) is 0 Å². The van der Waals surface area contributed by atoms with Crippen molar-refractivity contribution in [2.45, 2.75) is 18.6 Å². The molecule has 30 heavy (non-hydrogen) atoms. The van der Waals surface area contributed by atoms with E-state index in [4.69, 9.17) is 16.3 Å². The molecular weight excluding hydrogens is 402 g/mol. The third kappa shape index (κ3) is 3.58. The summed E-state index contributed by atoms with van der Waals surface area (Å²) in [6.45, 7) is 0.267. The molecule has 152 valence electrons. The highest BCUT2D eigenvalue weighted by atomic mass is 35.5. The molecule has 3 aromatic carbocycles. The van der Waals surface area contributed by atoms with Crippen LogP contribution in [0.1, 0.15) is 27.9 Å². The molecule has 0 fully saturated rings. The molecule has 1 heterocycles. The molecule has 0 radical (unpaired) electrons. The number of nitrogens with zero attached hydrogens (tertiary/aromatic N) is 1. The third-order valence-electron chi connectivity index (χ3n) is 5.30. The molecule has 1 aliphatic rings. The molecule has 1 atom stereocenters. The molecule has 0 spiro atoms. The van der Waals surface area contributed by atoms with Crippen LogP contribution in [0.2, 0.25) is 5.02 Å². The number of aliphatic hydroxyl groups is 1. The van der Waals surface area contributed by atoms with Gasteiger partial charge >= 0.3 is 0 Å². The molecule has 5 nitrogen and oxygen atoms in total. The van der Waals surface area contributed by atoms with Gasteiger partial charge in [-0.3, -0.25) is 9.59 Å². The fraction of sp³-hybridized carbons (Fsp3) is 0.167. The summed E-state index contributed by atoms with van der Waals surface area (Å²) in [7, 11) is 1.52. The van der Waals surface area contributed by atoms with Crippen LogP contribution in [0.3, 0.4) is 0 Å². The normalized spacial score (nSPS) is 17.7. The lowest BCUT2D eigenvalue weighted by Gasteiger charge is -2.23. The molecule has 0 saturated carbocycles. The highest BCUT2D eigenvalue weighted by molar-refractivity contribution is 6.30. The average molecular weight is 422 g/mol. The number of carbonyl (C=O) groups excluding carboxylic acids is 2. The van der Waals surface area contributed by atoms with E-state index in [1.807, 2.05) is 12.1 Å². The van der Waals surface area contributed by atoms with Crippen LogP contribution >= 0.6 is 11.6 Å². The summed E-state index contributed by atoms with van der Waals surface area (Å²) in [6, 6.07) is 20.9. The lowest BCUT2D eigenvalue weighted by atomic mass is 9.88. The first-order valence-corrected chi connectivity index (χ1v) is 9.86. The van der Waals surface area contributed by atoms with Gasteiger partial charge in [0, 0.05) is 16.1 Å². The monoisotopic (exact) mass is 421 g/mol. The molecule has 0 bridgehead atoms. The molecule has 0 saturated heterocycles. The van der Waals surface area contributed by atoms with Gasteiger partial charge in [0.1, 0.15) is 5.75 Å². The smallest absolute Gasteiger partial charge is 0.264 e. The van der Waals surface area contributed by atoms with Gasteiger partial charge in [0.15, 0.2) is 11.4 Å². The fourth-order valence-electron chi connectivity index (χ4n) is 3.74. The van der Waals surface area contributed by atoms with Crippen molar-refractivity contribution in [1.82, 2.24) is 0 Å². The van der Waals surface area contributed by atoms with Crippen LogP contribution in [0, 0.1) is 0 Å². The standard InChI is InChI=1S/C24H20ClNO4/c1-30-19-6-4-5-17(13-19)22(27)14-24(29)20-7-2-3-8-21(20)26(23(24)28)15-16-9-11-18(25)12-10-16/h2-13,29H,14-15H2,1H3/t24-/m1/s1. The first kappa shape index (κ1) is 20.1. The summed E-state index contributed by atoms with van der Waals surface area (Å²) in [5.74, 6) is -0.321. The van der Waals surface area contributed by atoms with Gasteiger partial charge in [-0.25, -0.2) is 0 Å². The molecule has 4 rings (SSSR count). The summed E-state index contributed by atoms with van der Waals surface area (Å²) < 4.78 is 5.17. The number of Topliss-reactive ketones (excluding diaryl/α,β-unsaturated/α-hetero) is 1. The number of anilines is 1. The van der Waals surface area contributed by atoms with Crippen LogP contribution < -0.4 is 9.64 Å². The quantitative estimate of drug-likeness (QED) is 0.601. The first-order valence-electron chi connectivity index (χ1n) is 9.48. The van der Waals surface area contributed by atoms with E-state index in [9.17, 15) is 14.7 Å². The summed E-state index contributed by atoms with van der Waals surface area (Å²) >= 11 is 5.95. The van der Waals surface area contributed by atoms with E-state index in [2.05, 4.69) is 0 Å². The van der Waals surface area contributed by atoms with Gasteiger partial charge in [-0.15, -0.1) is 0 Å². The van der Waals surface area contributed by atoms with Crippen molar-refractivity contribution >= 4 is 29.0 Å². The lowest BCUT2D eigenvalue weighted by Crippen LogP contribution is -2.41. The number of ether oxygens (including phenoxy) is 1. The zero-order valence-electron chi connectivity index (χ0n) is 16.3. The van der Waals surface area contributed by atoms with E-state index in [-0.39, 0.29) is 18.7 Å². The number of para-hydroxylation sites is 1. The molecule has 3 aromatic rings. The van der Waals surface area contributed by atoms with E-state index in [1.165, 1.54) is 12.0 Å². The maximum atomic E-state index is 13.3. The Kier molecular flexibility index (Phi) is 5.33. The summed E-state index contributed by atoms with van der Waals surface area (Å²) in [4.78, 5) is 27.8. The minimum Gasteiger partial charge on any atom is -0.497 e. The Labute approximate surface area is 179 Å². The lowest BCUT2D eigenvalue weighted by molar-refractivity contribution is -0.136. The van der Waals surface area contributed by atoms with E-state index >= 15 is 0 Å². The second kappa shape index (κ2) is 7.94. The average Bonchev–Trinajstić information content (AvgIpc) is 2.97. The fourth-order valence-corrected chi connectivity index (χ4v) is 3.86. The van der Waals surface area contributed by atoms with Gasteiger partial charge in [-0.2, -0.15) is 0 Å². The van der Waals surface area contributed by atoms with Gasteiger partial charge in [-0.1, -0.05) is 54.1 Å². The zero-order chi connectivity index (χ0) is 21.3. The predicted molar refractivity (Wildman–Crippen MR) is 115 cm³/mol. The summed E-state index contributed by atoms with van der Waals surface area (Å²) in [5, 5.41) is 12.0. The third-order valence-corrected chi connectivity index (χ3v) is 5.55. The Bertz CT molecular complexity index is 1110. The molecule has 6 heteroatoms. The summed E-state index contributed by atoms with van der Waals surface area (Å²) in [6.07, 6.45) is -0.354. The van der Waals surface area contributed by atoms with E-state index in [0.29, 0.717) is 27.6 Å². The minimum atomic E-state index is -1.93.